The number of para-hydroxylation sites is 1. The third-order valence-electron chi connectivity index (χ3n) is 8.26. The van der Waals surface area contributed by atoms with E-state index in [0.717, 1.165) is 35.8 Å². The number of ether oxygens (including phenoxy) is 3. The first-order chi connectivity index (χ1) is 18.2. The molecule has 0 spiro atoms. The van der Waals surface area contributed by atoms with Gasteiger partial charge in [0.1, 0.15) is 23.9 Å². The van der Waals surface area contributed by atoms with E-state index in [1.54, 1.807) is 14.2 Å². The highest BCUT2D eigenvalue weighted by Gasteiger charge is 2.29. The summed E-state index contributed by atoms with van der Waals surface area (Å²) in [7, 11) is 3.47. The molecule has 0 saturated heterocycles. The van der Waals surface area contributed by atoms with Crippen molar-refractivity contribution in [1.82, 2.24) is 4.98 Å². The summed E-state index contributed by atoms with van der Waals surface area (Å²) in [6.07, 6.45) is 7.55. The Hall–Kier alpha value is -3.44. The fraction of sp³-hybridized carbons (Fsp3) is 0.375. The van der Waals surface area contributed by atoms with Crippen LogP contribution in [0.15, 0.2) is 60.7 Å². The van der Waals surface area contributed by atoms with Crippen LogP contribution in [0, 0.1) is 0 Å². The molecule has 1 saturated carbocycles. The van der Waals surface area contributed by atoms with Crippen molar-refractivity contribution in [2.75, 3.05) is 20.8 Å². The zero-order valence-corrected chi connectivity index (χ0v) is 21.9. The molecule has 0 amide bonds. The van der Waals surface area contributed by atoms with Gasteiger partial charge in [0.05, 0.1) is 26.5 Å². The molecular formula is C32H37N2O3+. The molecule has 37 heavy (non-hydrogen) atoms. The van der Waals surface area contributed by atoms with Crippen molar-refractivity contribution in [1.29, 1.82) is 0 Å². The van der Waals surface area contributed by atoms with Crippen LogP contribution in [-0.2, 0) is 13.0 Å². The van der Waals surface area contributed by atoms with Crippen LogP contribution < -0.4 is 19.5 Å². The number of hydrogen-bond acceptors (Lipinski definition) is 3. The molecule has 0 bridgehead atoms. The number of H-pyrrole nitrogens is 1. The summed E-state index contributed by atoms with van der Waals surface area (Å²) in [5.74, 6) is 3.39. The van der Waals surface area contributed by atoms with Crippen molar-refractivity contribution in [3.63, 3.8) is 0 Å². The fourth-order valence-electron chi connectivity index (χ4n) is 6.35. The second-order valence-corrected chi connectivity index (χ2v) is 10.4. The Morgan fingerprint density at radius 1 is 0.892 bits per heavy atom. The van der Waals surface area contributed by atoms with E-state index in [9.17, 15) is 0 Å². The van der Waals surface area contributed by atoms with E-state index >= 15 is 0 Å². The molecule has 0 unspecified atom stereocenters. The standard InChI is InChI=1S/C32H36N2O3/c1-35-24-13-14-28-27(19-24)26-16-17-33-31(32(26)34-28)22-12-15-29(36-2)23(18-22)20-37-30-11-7-6-10-25(30)21-8-4-3-5-9-21/h6-7,10-15,18-19,21,31,33-34H,3-5,8-9,16-17,20H2,1-2H3/p+1/t31-/m1/s1. The number of rotatable bonds is 7. The molecule has 1 fully saturated rings. The normalized spacial score (nSPS) is 17.9. The first kappa shape index (κ1) is 23.9. The van der Waals surface area contributed by atoms with Crippen LogP contribution in [0.1, 0.15) is 72.0 Å². The van der Waals surface area contributed by atoms with Gasteiger partial charge in [-0.2, -0.15) is 0 Å². The lowest BCUT2D eigenvalue weighted by Crippen LogP contribution is -2.87. The van der Waals surface area contributed by atoms with Gasteiger partial charge in [-0.1, -0.05) is 37.5 Å². The zero-order chi connectivity index (χ0) is 25.2. The Labute approximate surface area is 219 Å². The van der Waals surface area contributed by atoms with Gasteiger partial charge >= 0.3 is 0 Å². The minimum atomic E-state index is 0.210. The molecule has 2 aliphatic rings. The van der Waals surface area contributed by atoms with Gasteiger partial charge in [0.25, 0.3) is 0 Å². The smallest absolute Gasteiger partial charge is 0.153 e. The summed E-state index contributed by atoms with van der Waals surface area (Å²) in [4.78, 5) is 3.72. The molecule has 1 aliphatic heterocycles. The second-order valence-electron chi connectivity index (χ2n) is 10.4. The highest BCUT2D eigenvalue weighted by Crippen LogP contribution is 2.38. The summed E-state index contributed by atoms with van der Waals surface area (Å²) in [6, 6.07) is 21.7. The van der Waals surface area contributed by atoms with Crippen LogP contribution in [0.4, 0.5) is 0 Å². The summed E-state index contributed by atoms with van der Waals surface area (Å²) >= 11 is 0. The van der Waals surface area contributed by atoms with Crippen LogP contribution in [-0.4, -0.2) is 25.7 Å². The van der Waals surface area contributed by atoms with Crippen LogP contribution >= 0.6 is 0 Å². The molecule has 2 heterocycles. The average molecular weight is 498 g/mol. The summed E-state index contributed by atoms with van der Waals surface area (Å²) in [5, 5.41) is 3.70. The van der Waals surface area contributed by atoms with E-state index in [-0.39, 0.29) is 6.04 Å². The number of nitrogens with one attached hydrogen (secondary N) is 1. The lowest BCUT2D eigenvalue weighted by atomic mass is 9.84. The molecule has 1 aromatic heterocycles. The first-order valence-corrected chi connectivity index (χ1v) is 13.7. The van der Waals surface area contributed by atoms with Gasteiger partial charge in [-0.3, -0.25) is 0 Å². The number of hydrogen-bond donors (Lipinski definition) is 2. The Kier molecular flexibility index (Phi) is 6.79. The third-order valence-corrected chi connectivity index (χ3v) is 8.26. The van der Waals surface area contributed by atoms with Gasteiger partial charge in [0.15, 0.2) is 6.04 Å². The maximum atomic E-state index is 6.49. The molecule has 192 valence electrons. The predicted octanol–water partition coefficient (Wildman–Crippen LogP) is 6.02. The highest BCUT2D eigenvalue weighted by atomic mass is 16.5. The van der Waals surface area contributed by atoms with Gasteiger partial charge < -0.3 is 24.5 Å². The van der Waals surface area contributed by atoms with Gasteiger partial charge in [0.2, 0.25) is 0 Å². The minimum absolute atomic E-state index is 0.210. The lowest BCUT2D eigenvalue weighted by Gasteiger charge is -2.25. The Morgan fingerprint density at radius 2 is 1.76 bits per heavy atom. The maximum Gasteiger partial charge on any atom is 0.153 e. The number of nitrogens with two attached hydrogens (primary N) is 1. The van der Waals surface area contributed by atoms with Crippen molar-refractivity contribution in [2.24, 2.45) is 0 Å². The Bertz CT molecular complexity index is 1390. The predicted molar refractivity (Wildman–Crippen MR) is 147 cm³/mol. The molecule has 1 aliphatic carbocycles. The molecule has 0 radical (unpaired) electrons. The average Bonchev–Trinajstić information content (AvgIpc) is 3.34. The molecule has 5 nitrogen and oxygen atoms in total. The van der Waals surface area contributed by atoms with Crippen molar-refractivity contribution >= 4 is 10.9 Å². The topological polar surface area (TPSA) is 60.1 Å². The quantitative estimate of drug-likeness (QED) is 0.328. The van der Waals surface area contributed by atoms with Crippen LogP contribution in [0.25, 0.3) is 10.9 Å². The number of fused-ring (bicyclic) bond motifs is 3. The van der Waals surface area contributed by atoms with Crippen molar-refractivity contribution in [3.8, 4) is 17.2 Å². The van der Waals surface area contributed by atoms with Gasteiger partial charge in [-0.25, -0.2) is 0 Å². The molecule has 3 aromatic carbocycles. The largest absolute Gasteiger partial charge is 0.497 e. The molecule has 1 atom stereocenters. The molecule has 5 heteroatoms. The van der Waals surface area contributed by atoms with E-state index in [1.807, 2.05) is 6.07 Å². The molecular weight excluding hydrogens is 460 g/mol. The minimum Gasteiger partial charge on any atom is -0.497 e. The van der Waals surface area contributed by atoms with E-state index in [2.05, 4.69) is 64.9 Å². The maximum absolute atomic E-state index is 6.49. The summed E-state index contributed by atoms with van der Waals surface area (Å²) < 4.78 is 17.7. The van der Waals surface area contributed by atoms with Crippen LogP contribution in [0.2, 0.25) is 0 Å². The van der Waals surface area contributed by atoms with Gasteiger partial charge in [0, 0.05) is 28.5 Å². The van der Waals surface area contributed by atoms with E-state index in [1.165, 1.54) is 65.4 Å². The van der Waals surface area contributed by atoms with Crippen LogP contribution in [0.5, 0.6) is 17.2 Å². The third kappa shape index (κ3) is 4.69. The highest BCUT2D eigenvalue weighted by molar-refractivity contribution is 5.86. The monoisotopic (exact) mass is 497 g/mol. The number of aromatic nitrogens is 1. The second kappa shape index (κ2) is 10.5. The van der Waals surface area contributed by atoms with Gasteiger partial charge in [-0.15, -0.1) is 0 Å². The van der Waals surface area contributed by atoms with E-state index < -0.39 is 0 Å². The zero-order valence-electron chi connectivity index (χ0n) is 21.9. The van der Waals surface area contributed by atoms with Crippen molar-refractivity contribution in [3.05, 3.63) is 88.6 Å². The molecule has 6 rings (SSSR count). The fourth-order valence-corrected chi connectivity index (χ4v) is 6.35. The van der Waals surface area contributed by atoms with Crippen LogP contribution in [0.3, 0.4) is 0 Å². The number of methoxy groups -OCH3 is 2. The molecule has 4 aromatic rings. The lowest BCUT2D eigenvalue weighted by molar-refractivity contribution is -0.690. The summed E-state index contributed by atoms with van der Waals surface area (Å²) in [5.41, 5.74) is 7.56. The number of quaternary nitrogens is 1. The SMILES string of the molecule is COc1ccc2[nH]c3c(c2c1)CC[NH2+][C@@H]3c1ccc(OC)c(COc2ccccc2C2CCCCC2)c1. The van der Waals surface area contributed by atoms with Gasteiger partial charge in [-0.05, 0) is 72.4 Å². The van der Waals surface area contributed by atoms with Crippen molar-refractivity contribution in [2.45, 2.75) is 57.1 Å². The molecule has 3 N–H and O–H groups in total. The van der Waals surface area contributed by atoms with Crippen molar-refractivity contribution < 1.29 is 19.5 Å². The van der Waals surface area contributed by atoms with E-state index in [4.69, 9.17) is 14.2 Å². The number of aromatic amines is 1. The van der Waals surface area contributed by atoms with E-state index in [0.29, 0.717) is 12.5 Å². The Morgan fingerprint density at radius 3 is 2.59 bits per heavy atom. The number of benzene rings is 3. The Balaban J connectivity index is 1.29. The summed E-state index contributed by atoms with van der Waals surface area (Å²) in [6.45, 7) is 1.54. The first-order valence-electron chi connectivity index (χ1n) is 13.7.